The van der Waals surface area contributed by atoms with Crippen molar-refractivity contribution < 1.29 is 15.1 Å². The summed E-state index contributed by atoms with van der Waals surface area (Å²) in [4.78, 5) is 20.6. The van der Waals surface area contributed by atoms with Crippen molar-refractivity contribution in [1.82, 2.24) is 0 Å². The largest absolute Gasteiger partial charge is 0.356 e. The summed E-state index contributed by atoms with van der Waals surface area (Å²) in [5.41, 5.74) is 0. The molecule has 0 aromatic heterocycles. The third-order valence-corrected chi connectivity index (χ3v) is 0.633. The van der Waals surface area contributed by atoms with Gasteiger partial charge in [0.2, 0.25) is 0 Å². The average Bonchev–Trinajstić information content (AvgIpc) is 1.85. The SMILES string of the molecule is CCCC.O=[N+]([O-])O[N+](=O)[O-]. The van der Waals surface area contributed by atoms with Crippen LogP contribution in [0.3, 0.4) is 0 Å². The molecule has 0 aliphatic carbocycles. The molecular formula is C4H10N2O5. The molecule has 0 spiro atoms. The van der Waals surface area contributed by atoms with Gasteiger partial charge in [0.25, 0.3) is 0 Å². The lowest BCUT2D eigenvalue weighted by molar-refractivity contribution is -1.03. The Bertz CT molecular complexity index is 112. The topological polar surface area (TPSA) is 95.5 Å². The summed E-state index contributed by atoms with van der Waals surface area (Å²) in [7, 11) is 0. The minimum Gasteiger partial charge on any atom is -0.105 e. The molecule has 0 heterocycles. The first-order valence-corrected chi connectivity index (χ1v) is 3.01. The fourth-order valence-corrected chi connectivity index (χ4v) is 0.0544. The van der Waals surface area contributed by atoms with Crippen LogP contribution in [-0.4, -0.2) is 10.2 Å². The lowest BCUT2D eigenvalue weighted by atomic mass is 10.4. The van der Waals surface area contributed by atoms with Crippen molar-refractivity contribution in [3.05, 3.63) is 20.2 Å². The van der Waals surface area contributed by atoms with E-state index < -0.39 is 10.2 Å². The second-order valence-electron chi connectivity index (χ2n) is 1.53. The molecule has 0 atom stereocenters. The van der Waals surface area contributed by atoms with Crippen LogP contribution in [0.5, 0.6) is 0 Å². The molecular weight excluding hydrogens is 156 g/mol. The highest BCUT2D eigenvalue weighted by Crippen LogP contribution is 1.76. The summed E-state index contributed by atoms with van der Waals surface area (Å²) in [5.74, 6) is 0. The number of hydrogen-bond donors (Lipinski definition) is 0. The van der Waals surface area contributed by atoms with E-state index >= 15 is 0 Å². The fraction of sp³-hybridized carbons (Fsp3) is 1.00. The van der Waals surface area contributed by atoms with E-state index in [1.165, 1.54) is 12.8 Å². The molecule has 66 valence electrons. The molecule has 0 amide bonds. The lowest BCUT2D eigenvalue weighted by Crippen LogP contribution is -2.06. The van der Waals surface area contributed by atoms with Gasteiger partial charge in [0.05, 0.1) is 0 Å². The first-order valence-electron chi connectivity index (χ1n) is 3.01. The summed E-state index contributed by atoms with van der Waals surface area (Å²) < 4.78 is 0. The van der Waals surface area contributed by atoms with Crippen LogP contribution in [0.4, 0.5) is 0 Å². The van der Waals surface area contributed by atoms with Crippen molar-refractivity contribution in [2.24, 2.45) is 0 Å². The van der Waals surface area contributed by atoms with E-state index in [0.717, 1.165) is 0 Å². The van der Waals surface area contributed by atoms with E-state index in [1.54, 1.807) is 0 Å². The van der Waals surface area contributed by atoms with Gasteiger partial charge < -0.3 is 0 Å². The molecule has 0 radical (unpaired) electrons. The van der Waals surface area contributed by atoms with E-state index in [9.17, 15) is 0 Å². The van der Waals surface area contributed by atoms with Crippen molar-refractivity contribution in [2.45, 2.75) is 26.7 Å². The second kappa shape index (κ2) is 8.60. The molecule has 0 saturated carbocycles. The third kappa shape index (κ3) is 28.9. The fourth-order valence-electron chi connectivity index (χ4n) is 0.0544. The Morgan fingerprint density at radius 3 is 1.36 bits per heavy atom. The number of rotatable bonds is 3. The van der Waals surface area contributed by atoms with Crippen LogP contribution in [0.2, 0.25) is 0 Å². The highest BCUT2D eigenvalue weighted by molar-refractivity contribution is 4.12. The van der Waals surface area contributed by atoms with E-state index in [-0.39, 0.29) is 0 Å². The van der Waals surface area contributed by atoms with Crippen LogP contribution < -0.4 is 0 Å². The highest BCUT2D eigenvalue weighted by atomic mass is 17.1. The molecule has 0 fully saturated rings. The monoisotopic (exact) mass is 166 g/mol. The maximum absolute atomic E-state index is 8.95. The molecule has 0 N–H and O–H groups in total. The second-order valence-corrected chi connectivity index (χ2v) is 1.53. The quantitative estimate of drug-likeness (QED) is 0.463. The van der Waals surface area contributed by atoms with Gasteiger partial charge in [-0.1, -0.05) is 26.7 Å². The van der Waals surface area contributed by atoms with Crippen LogP contribution in [0.1, 0.15) is 26.7 Å². The van der Waals surface area contributed by atoms with Crippen molar-refractivity contribution in [3.63, 3.8) is 0 Å². The molecule has 0 unspecified atom stereocenters. The Kier molecular flexibility index (Phi) is 9.61. The van der Waals surface area contributed by atoms with Crippen molar-refractivity contribution >= 4 is 0 Å². The van der Waals surface area contributed by atoms with Crippen molar-refractivity contribution in [3.8, 4) is 0 Å². The van der Waals surface area contributed by atoms with Gasteiger partial charge in [-0.25, -0.2) is 0 Å². The summed E-state index contributed by atoms with van der Waals surface area (Å²) in [6.45, 7) is 4.36. The van der Waals surface area contributed by atoms with E-state index in [2.05, 4.69) is 18.8 Å². The smallest absolute Gasteiger partial charge is 0.105 e. The Balaban J connectivity index is 0. The van der Waals surface area contributed by atoms with Gasteiger partial charge >= 0.3 is 10.2 Å². The minimum absolute atomic E-state index is 1.32. The Labute approximate surface area is 63.2 Å². The van der Waals surface area contributed by atoms with Gasteiger partial charge in [-0.15, -0.1) is 20.2 Å². The van der Waals surface area contributed by atoms with Crippen molar-refractivity contribution in [2.75, 3.05) is 0 Å². The summed E-state index contributed by atoms with van der Waals surface area (Å²) in [6.07, 6.45) is 2.64. The first-order chi connectivity index (χ1) is 5.04. The maximum atomic E-state index is 8.95. The van der Waals surface area contributed by atoms with Gasteiger partial charge in [-0.2, -0.15) is 0 Å². The van der Waals surface area contributed by atoms with Gasteiger partial charge in [0.1, 0.15) is 0 Å². The normalized spacial score (nSPS) is 7.45. The van der Waals surface area contributed by atoms with Gasteiger partial charge in [0.15, 0.2) is 0 Å². The Morgan fingerprint density at radius 1 is 1.09 bits per heavy atom. The highest BCUT2D eigenvalue weighted by Gasteiger charge is 2.05. The molecule has 0 aromatic rings. The molecule has 0 aromatic carbocycles. The van der Waals surface area contributed by atoms with E-state index in [1.807, 2.05) is 0 Å². The molecule has 0 aliphatic heterocycles. The zero-order valence-corrected chi connectivity index (χ0v) is 6.35. The summed E-state index contributed by atoms with van der Waals surface area (Å²) in [5, 5.41) is 14.9. The Morgan fingerprint density at radius 2 is 1.36 bits per heavy atom. The summed E-state index contributed by atoms with van der Waals surface area (Å²) >= 11 is 0. The van der Waals surface area contributed by atoms with Crippen LogP contribution in [-0.2, 0) is 4.94 Å². The van der Waals surface area contributed by atoms with Crippen LogP contribution >= 0.6 is 0 Å². The molecule has 7 heteroatoms. The predicted molar refractivity (Wildman–Crippen MR) is 35.7 cm³/mol. The number of nitrogens with zero attached hydrogens (tertiary/aromatic N) is 2. The zero-order valence-electron chi connectivity index (χ0n) is 6.35. The number of hydrogen-bond acceptors (Lipinski definition) is 5. The Hall–Kier alpha value is -1.40. The summed E-state index contributed by atoms with van der Waals surface area (Å²) in [6, 6.07) is 0. The maximum Gasteiger partial charge on any atom is 0.356 e. The van der Waals surface area contributed by atoms with E-state index in [0.29, 0.717) is 0 Å². The average molecular weight is 166 g/mol. The van der Waals surface area contributed by atoms with E-state index in [4.69, 9.17) is 20.2 Å². The molecule has 11 heavy (non-hydrogen) atoms. The first kappa shape index (κ1) is 12.3. The van der Waals surface area contributed by atoms with Gasteiger partial charge in [-0.3, -0.25) is 0 Å². The molecule has 0 bridgehead atoms. The third-order valence-electron chi connectivity index (χ3n) is 0.633. The minimum atomic E-state index is -1.50. The molecule has 0 rings (SSSR count). The van der Waals surface area contributed by atoms with Gasteiger partial charge in [-0.05, 0) is 0 Å². The van der Waals surface area contributed by atoms with Crippen molar-refractivity contribution in [1.29, 1.82) is 0 Å². The molecule has 0 saturated heterocycles. The predicted octanol–water partition coefficient (Wildman–Crippen LogP) is 1.19. The van der Waals surface area contributed by atoms with Crippen LogP contribution in [0, 0.1) is 20.2 Å². The van der Waals surface area contributed by atoms with Crippen LogP contribution in [0.25, 0.3) is 0 Å². The lowest BCUT2D eigenvalue weighted by Gasteiger charge is -1.71. The molecule has 0 aliphatic rings. The standard InChI is InChI=1S/C4H10.N2O5/c1-3-4-2;3-1(4)7-2(5)6/h3-4H2,1-2H3;. The van der Waals surface area contributed by atoms with Crippen LogP contribution in [0.15, 0.2) is 0 Å². The zero-order chi connectivity index (χ0) is 9.28. The van der Waals surface area contributed by atoms with Gasteiger partial charge in [0, 0.05) is 4.94 Å². The number of unbranched alkanes of at least 4 members (excludes halogenated alkanes) is 1. The molecule has 7 nitrogen and oxygen atoms in total.